The number of nitriles is 1. The third-order valence-electron chi connectivity index (χ3n) is 4.49. The topological polar surface area (TPSA) is 80.6 Å². The summed E-state index contributed by atoms with van der Waals surface area (Å²) < 4.78 is 43.1. The molecule has 2 aromatic rings. The fourth-order valence-corrected chi connectivity index (χ4v) is 3.08. The molecule has 0 fully saturated rings. The molecule has 1 amide bonds. The van der Waals surface area contributed by atoms with Gasteiger partial charge in [-0.05, 0) is 39.0 Å². The van der Waals surface area contributed by atoms with E-state index >= 15 is 0 Å². The molecule has 0 spiro atoms. The minimum absolute atomic E-state index is 0.0421. The average Bonchev–Trinajstić information content (AvgIpc) is 3.01. The van der Waals surface area contributed by atoms with Crippen molar-refractivity contribution in [2.24, 2.45) is 0 Å². The number of halogens is 2. The highest BCUT2D eigenvalue weighted by atomic mass is 19.2. The molecular weight excluding hydrogens is 394 g/mol. The van der Waals surface area contributed by atoms with E-state index in [1.165, 1.54) is 13.0 Å². The minimum atomic E-state index is -1.40. The van der Waals surface area contributed by atoms with E-state index in [2.05, 4.69) is 5.32 Å². The summed E-state index contributed by atoms with van der Waals surface area (Å²) in [5.41, 5.74) is -0.747. The number of amides is 1. The summed E-state index contributed by atoms with van der Waals surface area (Å²) in [5, 5.41) is 12.0. The van der Waals surface area contributed by atoms with Crippen LogP contribution in [0.1, 0.15) is 26.3 Å². The van der Waals surface area contributed by atoms with Crippen LogP contribution in [0.25, 0.3) is 0 Å². The van der Waals surface area contributed by atoms with Crippen molar-refractivity contribution in [1.82, 2.24) is 5.32 Å². The number of hydrogen-bond acceptors (Lipinski definition) is 5. The maximum Gasteiger partial charge on any atom is 0.259 e. The molecule has 1 aliphatic rings. The van der Waals surface area contributed by atoms with E-state index in [1.54, 1.807) is 6.07 Å². The average molecular weight is 416 g/mol. The van der Waals surface area contributed by atoms with Crippen LogP contribution >= 0.6 is 0 Å². The Morgan fingerprint density at radius 3 is 2.73 bits per heavy atom. The molecular formula is C22H22F2N2O4. The van der Waals surface area contributed by atoms with Gasteiger partial charge < -0.3 is 19.5 Å². The molecule has 2 aromatic carbocycles. The van der Waals surface area contributed by atoms with Gasteiger partial charge in [-0.1, -0.05) is 12.1 Å². The summed E-state index contributed by atoms with van der Waals surface area (Å²) in [4.78, 5) is 12.3. The first-order valence-corrected chi connectivity index (χ1v) is 9.35. The molecule has 1 atom stereocenters. The number of carbonyl (C=O) groups excluding carboxylic acids is 1. The summed E-state index contributed by atoms with van der Waals surface area (Å²) in [5.74, 6) is -1.51. The monoisotopic (exact) mass is 416 g/mol. The van der Waals surface area contributed by atoms with Crippen molar-refractivity contribution in [3.63, 3.8) is 0 Å². The highest BCUT2D eigenvalue weighted by Crippen LogP contribution is 2.41. The molecule has 0 aliphatic carbocycles. The normalized spacial score (nSPS) is 15.9. The maximum atomic E-state index is 13.3. The zero-order valence-electron chi connectivity index (χ0n) is 16.9. The summed E-state index contributed by atoms with van der Waals surface area (Å²) >= 11 is 0. The van der Waals surface area contributed by atoms with Crippen LogP contribution in [-0.2, 0) is 11.2 Å². The molecule has 8 heteroatoms. The quantitative estimate of drug-likeness (QED) is 0.747. The van der Waals surface area contributed by atoms with Gasteiger partial charge in [0.25, 0.3) is 5.91 Å². The molecule has 1 heterocycles. The standard InChI is InChI=1S/C22H22F2N2O4/c1-21(2)10-14-5-4-6-18(20(14)30-21)28-11-19(27)26-22(3,12-25)13-29-15-7-8-16(23)17(24)9-15/h4-9H,10-11,13H2,1-3H3,(H,26,27)/t22-/m0/s1. The van der Waals surface area contributed by atoms with E-state index in [0.717, 1.165) is 24.1 Å². The van der Waals surface area contributed by atoms with Crippen LogP contribution in [0.3, 0.4) is 0 Å². The molecule has 1 aliphatic heterocycles. The fraction of sp³-hybridized carbons (Fsp3) is 0.364. The van der Waals surface area contributed by atoms with Gasteiger partial charge in [-0.2, -0.15) is 5.26 Å². The first-order valence-electron chi connectivity index (χ1n) is 9.35. The largest absolute Gasteiger partial charge is 0.490 e. The number of benzene rings is 2. The van der Waals surface area contributed by atoms with Gasteiger partial charge in [-0.3, -0.25) is 4.79 Å². The van der Waals surface area contributed by atoms with E-state index in [1.807, 2.05) is 32.0 Å². The Kier molecular flexibility index (Phi) is 5.83. The summed E-state index contributed by atoms with van der Waals surface area (Å²) in [6, 6.07) is 10.5. The molecule has 0 radical (unpaired) electrons. The zero-order valence-corrected chi connectivity index (χ0v) is 16.9. The smallest absolute Gasteiger partial charge is 0.259 e. The zero-order chi connectivity index (χ0) is 21.9. The number of nitrogens with zero attached hydrogens (tertiary/aromatic N) is 1. The number of para-hydroxylation sites is 1. The van der Waals surface area contributed by atoms with E-state index in [4.69, 9.17) is 14.2 Å². The Balaban J connectivity index is 1.57. The SMILES string of the molecule is CC1(C)Cc2cccc(OCC(=O)N[C@@](C)(C#N)COc3ccc(F)c(F)c3)c2O1. The van der Waals surface area contributed by atoms with Crippen LogP contribution in [0.15, 0.2) is 36.4 Å². The van der Waals surface area contributed by atoms with E-state index in [0.29, 0.717) is 11.5 Å². The molecule has 0 bridgehead atoms. The predicted molar refractivity (Wildman–Crippen MR) is 104 cm³/mol. The Hall–Kier alpha value is -3.34. The van der Waals surface area contributed by atoms with Gasteiger partial charge >= 0.3 is 0 Å². The third-order valence-corrected chi connectivity index (χ3v) is 4.49. The number of rotatable bonds is 7. The predicted octanol–water partition coefficient (Wildman–Crippen LogP) is 3.53. The van der Waals surface area contributed by atoms with Crippen molar-refractivity contribution in [3.8, 4) is 23.3 Å². The van der Waals surface area contributed by atoms with E-state index in [9.17, 15) is 18.8 Å². The fourth-order valence-electron chi connectivity index (χ4n) is 3.08. The van der Waals surface area contributed by atoms with Crippen molar-refractivity contribution >= 4 is 5.91 Å². The summed E-state index contributed by atoms with van der Waals surface area (Å²) in [7, 11) is 0. The lowest BCUT2D eigenvalue weighted by Gasteiger charge is -2.23. The van der Waals surface area contributed by atoms with Gasteiger partial charge in [-0.25, -0.2) is 8.78 Å². The van der Waals surface area contributed by atoms with Crippen LogP contribution in [0, 0.1) is 23.0 Å². The Bertz CT molecular complexity index is 1000. The Morgan fingerprint density at radius 1 is 1.27 bits per heavy atom. The lowest BCUT2D eigenvalue weighted by molar-refractivity contribution is -0.124. The first kappa shape index (κ1) is 21.4. The van der Waals surface area contributed by atoms with Crippen LogP contribution in [0.5, 0.6) is 17.2 Å². The number of hydrogen-bond donors (Lipinski definition) is 1. The maximum absolute atomic E-state index is 13.3. The lowest BCUT2D eigenvalue weighted by Crippen LogP contribution is -2.50. The molecule has 30 heavy (non-hydrogen) atoms. The number of nitrogens with one attached hydrogen (secondary N) is 1. The van der Waals surface area contributed by atoms with Gasteiger partial charge in [0.2, 0.25) is 0 Å². The van der Waals surface area contributed by atoms with Crippen molar-refractivity contribution in [3.05, 3.63) is 53.6 Å². The molecule has 1 N–H and O–H groups in total. The van der Waals surface area contributed by atoms with Gasteiger partial charge in [0.15, 0.2) is 35.3 Å². The first-order chi connectivity index (χ1) is 14.1. The third kappa shape index (κ3) is 4.98. The van der Waals surface area contributed by atoms with Crippen molar-refractivity contribution in [1.29, 1.82) is 5.26 Å². The molecule has 158 valence electrons. The van der Waals surface area contributed by atoms with Crippen molar-refractivity contribution in [2.45, 2.75) is 38.3 Å². The molecule has 0 saturated heterocycles. The molecule has 0 unspecified atom stereocenters. The highest BCUT2D eigenvalue weighted by molar-refractivity contribution is 5.79. The van der Waals surface area contributed by atoms with Crippen LogP contribution in [0.4, 0.5) is 8.78 Å². The van der Waals surface area contributed by atoms with Gasteiger partial charge in [0, 0.05) is 18.1 Å². The highest BCUT2D eigenvalue weighted by Gasteiger charge is 2.33. The van der Waals surface area contributed by atoms with Gasteiger partial charge in [0.1, 0.15) is 18.0 Å². The minimum Gasteiger partial charge on any atom is -0.490 e. The second-order valence-corrected chi connectivity index (χ2v) is 7.93. The lowest BCUT2D eigenvalue weighted by atomic mass is 10.0. The number of fused-ring (bicyclic) bond motifs is 1. The second kappa shape index (κ2) is 8.19. The van der Waals surface area contributed by atoms with Crippen LogP contribution in [-0.4, -0.2) is 30.3 Å². The van der Waals surface area contributed by atoms with Gasteiger partial charge in [0.05, 0.1) is 6.07 Å². The van der Waals surface area contributed by atoms with E-state index in [-0.39, 0.29) is 24.6 Å². The number of ether oxygens (including phenoxy) is 3. The van der Waals surface area contributed by atoms with Crippen molar-refractivity contribution in [2.75, 3.05) is 13.2 Å². The second-order valence-electron chi connectivity index (χ2n) is 7.93. The number of carbonyl (C=O) groups is 1. The Labute approximate surface area is 173 Å². The molecule has 3 rings (SSSR count). The van der Waals surface area contributed by atoms with E-state index < -0.39 is 23.1 Å². The molecule has 0 aromatic heterocycles. The Morgan fingerprint density at radius 2 is 2.03 bits per heavy atom. The summed E-state index contributed by atoms with van der Waals surface area (Å²) in [6.07, 6.45) is 0.736. The van der Waals surface area contributed by atoms with Gasteiger partial charge in [-0.15, -0.1) is 0 Å². The van der Waals surface area contributed by atoms with Crippen LogP contribution in [0.2, 0.25) is 0 Å². The van der Waals surface area contributed by atoms with Crippen LogP contribution < -0.4 is 19.5 Å². The summed E-state index contributed by atoms with van der Waals surface area (Å²) in [6.45, 7) is 4.79. The molecule has 6 nitrogen and oxygen atoms in total. The van der Waals surface area contributed by atoms with Crippen molar-refractivity contribution < 1.29 is 27.8 Å². The molecule has 0 saturated carbocycles.